The molecule has 0 saturated heterocycles. The van der Waals surface area contributed by atoms with Gasteiger partial charge in [-0.1, -0.05) is 29.8 Å². The number of benzene rings is 1. The molecule has 2 rings (SSSR count). The van der Waals surface area contributed by atoms with E-state index in [4.69, 9.17) is 0 Å². The zero-order valence-corrected chi connectivity index (χ0v) is 15.3. The maximum absolute atomic E-state index is 4.65. The van der Waals surface area contributed by atoms with Crippen LogP contribution in [0.25, 0.3) is 0 Å². The Morgan fingerprint density at radius 3 is 2.50 bits per heavy atom. The van der Waals surface area contributed by atoms with E-state index in [1.165, 1.54) is 16.8 Å². The predicted molar refractivity (Wildman–Crippen MR) is 100 cm³/mol. The molecule has 0 spiro atoms. The second-order valence-electron chi connectivity index (χ2n) is 6.11. The molecular weight excluding hydrogens is 298 g/mol. The molecule has 1 heterocycles. The Balaban J connectivity index is 1.80. The first-order valence-corrected chi connectivity index (χ1v) is 8.67. The molecule has 0 aliphatic rings. The minimum atomic E-state index is 0.688. The lowest BCUT2D eigenvalue weighted by molar-refractivity contribution is 0.555. The average molecular weight is 327 g/mol. The minimum Gasteiger partial charge on any atom is -0.357 e. The highest BCUT2D eigenvalue weighted by atomic mass is 15.3. The molecule has 0 saturated carbocycles. The van der Waals surface area contributed by atoms with Crippen LogP contribution in [0.15, 0.2) is 35.3 Å². The highest BCUT2D eigenvalue weighted by Crippen LogP contribution is 2.04. The Kier molecular flexibility index (Phi) is 6.85. The fraction of sp³-hybridized carbons (Fsp3) is 0.474. The quantitative estimate of drug-likeness (QED) is 0.467. The van der Waals surface area contributed by atoms with Crippen LogP contribution in [-0.4, -0.2) is 28.8 Å². The number of hydrogen-bond donors (Lipinski definition) is 2. The largest absolute Gasteiger partial charge is 0.357 e. The van der Waals surface area contributed by atoms with Crippen LogP contribution < -0.4 is 10.6 Å². The summed E-state index contributed by atoms with van der Waals surface area (Å²) in [5.41, 5.74) is 4.79. The summed E-state index contributed by atoms with van der Waals surface area (Å²) in [6.07, 6.45) is 1.01. The van der Waals surface area contributed by atoms with Gasteiger partial charge in [-0.2, -0.15) is 5.10 Å². The van der Waals surface area contributed by atoms with Crippen LogP contribution in [0.1, 0.15) is 35.9 Å². The van der Waals surface area contributed by atoms with Gasteiger partial charge >= 0.3 is 0 Å². The summed E-state index contributed by atoms with van der Waals surface area (Å²) < 4.78 is 2.06. The van der Waals surface area contributed by atoms with Crippen molar-refractivity contribution < 1.29 is 0 Å². The van der Waals surface area contributed by atoms with E-state index in [9.17, 15) is 0 Å². The molecular formula is C19H29N5. The van der Waals surface area contributed by atoms with Crippen molar-refractivity contribution in [2.24, 2.45) is 4.99 Å². The van der Waals surface area contributed by atoms with Gasteiger partial charge in [-0.05, 0) is 45.7 Å². The smallest absolute Gasteiger partial charge is 0.191 e. The maximum Gasteiger partial charge on any atom is 0.191 e. The molecule has 5 heteroatoms. The molecule has 5 nitrogen and oxygen atoms in total. The van der Waals surface area contributed by atoms with Gasteiger partial charge in [0, 0.05) is 25.3 Å². The number of hydrogen-bond acceptors (Lipinski definition) is 2. The number of rotatable bonds is 7. The fourth-order valence-electron chi connectivity index (χ4n) is 2.54. The fourth-order valence-corrected chi connectivity index (χ4v) is 2.54. The van der Waals surface area contributed by atoms with Crippen LogP contribution in [-0.2, 0) is 13.1 Å². The number of nitrogens with zero attached hydrogens (tertiary/aromatic N) is 3. The van der Waals surface area contributed by atoms with E-state index in [2.05, 4.69) is 76.5 Å². The molecule has 24 heavy (non-hydrogen) atoms. The van der Waals surface area contributed by atoms with Crippen molar-refractivity contribution in [1.82, 2.24) is 20.4 Å². The van der Waals surface area contributed by atoms with E-state index in [0.29, 0.717) is 6.54 Å². The lowest BCUT2D eigenvalue weighted by Gasteiger charge is -2.12. The van der Waals surface area contributed by atoms with Crippen molar-refractivity contribution in [2.75, 3.05) is 13.1 Å². The lowest BCUT2D eigenvalue weighted by atomic mass is 10.1. The summed E-state index contributed by atoms with van der Waals surface area (Å²) in [4.78, 5) is 4.65. The van der Waals surface area contributed by atoms with E-state index < -0.39 is 0 Å². The van der Waals surface area contributed by atoms with E-state index in [-0.39, 0.29) is 0 Å². The summed E-state index contributed by atoms with van der Waals surface area (Å²) in [5.74, 6) is 0.867. The van der Waals surface area contributed by atoms with Crippen LogP contribution in [0.5, 0.6) is 0 Å². The number of nitrogens with one attached hydrogen (secondary N) is 2. The van der Waals surface area contributed by atoms with Gasteiger partial charge in [-0.25, -0.2) is 4.99 Å². The van der Waals surface area contributed by atoms with Gasteiger partial charge < -0.3 is 10.6 Å². The number of guanidine groups is 1. The molecule has 2 aromatic rings. The van der Waals surface area contributed by atoms with Crippen molar-refractivity contribution in [3.63, 3.8) is 0 Å². The molecule has 0 bridgehead atoms. The molecule has 2 N–H and O–H groups in total. The zero-order valence-electron chi connectivity index (χ0n) is 15.3. The second-order valence-corrected chi connectivity index (χ2v) is 6.11. The first-order valence-electron chi connectivity index (χ1n) is 8.67. The van der Waals surface area contributed by atoms with Crippen LogP contribution >= 0.6 is 0 Å². The van der Waals surface area contributed by atoms with Gasteiger partial charge in [0.15, 0.2) is 5.96 Å². The third-order valence-electron chi connectivity index (χ3n) is 3.83. The Morgan fingerprint density at radius 1 is 1.12 bits per heavy atom. The summed E-state index contributed by atoms with van der Waals surface area (Å²) in [6.45, 7) is 11.6. The molecule has 0 unspecified atom stereocenters. The van der Waals surface area contributed by atoms with E-state index in [1.54, 1.807) is 0 Å². The van der Waals surface area contributed by atoms with Crippen LogP contribution in [0.2, 0.25) is 0 Å². The van der Waals surface area contributed by atoms with E-state index >= 15 is 0 Å². The molecule has 1 aromatic heterocycles. The molecule has 0 atom stereocenters. The molecule has 0 amide bonds. The van der Waals surface area contributed by atoms with Crippen LogP contribution in [0.4, 0.5) is 0 Å². The first kappa shape index (κ1) is 18.0. The molecule has 0 aliphatic carbocycles. The Bertz CT molecular complexity index is 655. The second kappa shape index (κ2) is 9.11. The summed E-state index contributed by atoms with van der Waals surface area (Å²) in [7, 11) is 0. The van der Waals surface area contributed by atoms with Crippen molar-refractivity contribution in [1.29, 1.82) is 0 Å². The van der Waals surface area contributed by atoms with E-state index in [1.807, 2.05) is 6.92 Å². The Labute approximate surface area is 145 Å². The topological polar surface area (TPSA) is 54.2 Å². The monoisotopic (exact) mass is 327 g/mol. The standard InChI is InChI=1S/C19H29N5/c1-5-20-19(22-14-18-9-7-15(2)8-10-18)21-11-6-12-24-17(4)13-16(3)23-24/h7-10,13H,5-6,11-12,14H2,1-4H3,(H2,20,21,22). The Morgan fingerprint density at radius 2 is 1.88 bits per heavy atom. The summed E-state index contributed by atoms with van der Waals surface area (Å²) >= 11 is 0. The summed E-state index contributed by atoms with van der Waals surface area (Å²) in [5, 5.41) is 11.2. The third-order valence-corrected chi connectivity index (χ3v) is 3.83. The maximum atomic E-state index is 4.65. The number of aryl methyl sites for hydroxylation is 4. The minimum absolute atomic E-state index is 0.688. The zero-order chi connectivity index (χ0) is 17.4. The van der Waals surface area contributed by atoms with Gasteiger partial charge in [0.2, 0.25) is 0 Å². The number of aromatic nitrogens is 2. The highest BCUT2D eigenvalue weighted by molar-refractivity contribution is 5.79. The van der Waals surface area contributed by atoms with Crippen LogP contribution in [0.3, 0.4) is 0 Å². The van der Waals surface area contributed by atoms with Gasteiger partial charge in [0.25, 0.3) is 0 Å². The van der Waals surface area contributed by atoms with Gasteiger partial charge in [0.05, 0.1) is 12.2 Å². The van der Waals surface area contributed by atoms with Crippen molar-refractivity contribution in [3.8, 4) is 0 Å². The van der Waals surface area contributed by atoms with Gasteiger partial charge in [-0.3, -0.25) is 4.68 Å². The first-order chi connectivity index (χ1) is 11.6. The molecule has 1 aromatic carbocycles. The van der Waals surface area contributed by atoms with Crippen molar-refractivity contribution in [2.45, 2.75) is 47.2 Å². The van der Waals surface area contributed by atoms with Crippen LogP contribution in [0, 0.1) is 20.8 Å². The van der Waals surface area contributed by atoms with Crippen molar-refractivity contribution >= 4 is 5.96 Å². The third kappa shape index (κ3) is 5.72. The van der Waals surface area contributed by atoms with E-state index in [0.717, 1.165) is 37.7 Å². The SMILES string of the molecule is CCNC(=NCc1ccc(C)cc1)NCCCn1nc(C)cc1C. The Hall–Kier alpha value is -2.30. The molecule has 130 valence electrons. The average Bonchev–Trinajstić information content (AvgIpc) is 2.88. The number of aliphatic imine (C=N–C) groups is 1. The molecule has 0 aliphatic heterocycles. The van der Waals surface area contributed by atoms with Gasteiger partial charge in [0.1, 0.15) is 0 Å². The van der Waals surface area contributed by atoms with Crippen molar-refractivity contribution in [3.05, 3.63) is 52.8 Å². The van der Waals surface area contributed by atoms with Gasteiger partial charge in [-0.15, -0.1) is 0 Å². The predicted octanol–water partition coefficient (Wildman–Crippen LogP) is 2.95. The molecule has 0 radical (unpaired) electrons. The normalized spacial score (nSPS) is 11.6. The lowest BCUT2D eigenvalue weighted by Crippen LogP contribution is -2.38. The summed E-state index contributed by atoms with van der Waals surface area (Å²) in [6, 6.07) is 10.6. The highest BCUT2D eigenvalue weighted by Gasteiger charge is 2.01. The molecule has 0 fully saturated rings.